The third-order valence-corrected chi connectivity index (χ3v) is 14.2. The van der Waals surface area contributed by atoms with Crippen LogP contribution in [0.15, 0.2) is 259 Å². The molecule has 0 unspecified atom stereocenters. The van der Waals surface area contributed by atoms with Crippen LogP contribution in [-0.4, -0.2) is 4.57 Å². The molecule has 0 aliphatic heterocycles. The van der Waals surface area contributed by atoms with Crippen molar-refractivity contribution in [2.45, 2.75) is 0 Å². The van der Waals surface area contributed by atoms with Crippen molar-refractivity contribution in [3.63, 3.8) is 0 Å². The standard InChI is InChI=1S/C66H42N2O/c1-4-24-50-44(16-1)19-12-29-52(50)48-23-11-22-47(42-48)43-36-38-49(39-37-43)67(60-33-15-34-61-64(60)56-27-7-9-31-59(56)68(61)58-32-14-21-46-18-3-6-26-53(46)58)62-41-40-55(54-30-13-20-45-17-2-5-25-51(45)54)66-65(62)57-28-8-10-35-63(57)69-66/h1-42H. The molecule has 0 atom stereocenters. The molecule has 0 saturated heterocycles. The highest BCUT2D eigenvalue weighted by Gasteiger charge is 2.26. The largest absolute Gasteiger partial charge is 0.455 e. The lowest BCUT2D eigenvalue weighted by atomic mass is 9.94. The van der Waals surface area contributed by atoms with Gasteiger partial charge in [0.1, 0.15) is 11.2 Å². The third kappa shape index (κ3) is 6.21. The number of furan rings is 1. The van der Waals surface area contributed by atoms with Gasteiger partial charge in [-0.2, -0.15) is 0 Å². The minimum absolute atomic E-state index is 0.855. The van der Waals surface area contributed by atoms with Crippen molar-refractivity contribution in [3.8, 4) is 39.1 Å². The van der Waals surface area contributed by atoms with Gasteiger partial charge in [0.15, 0.2) is 0 Å². The first-order valence-electron chi connectivity index (χ1n) is 23.7. The average Bonchev–Trinajstić information content (AvgIpc) is 3.98. The second-order valence-corrected chi connectivity index (χ2v) is 18.0. The van der Waals surface area contributed by atoms with Gasteiger partial charge < -0.3 is 13.9 Å². The Bertz CT molecular complexity index is 4300. The SMILES string of the molecule is c1cc(-c2ccc(N(c3ccc(-c4cccc5ccccc45)c4oc5ccccc5c34)c3cccc4c3c3ccccc3n4-c3cccc4ccccc34)cc2)cc(-c2cccc3ccccc23)c1. The summed E-state index contributed by atoms with van der Waals surface area (Å²) in [7, 11) is 0. The van der Waals surface area contributed by atoms with E-state index in [1.165, 1.54) is 59.8 Å². The highest BCUT2D eigenvalue weighted by molar-refractivity contribution is 6.22. The Hall–Kier alpha value is -9.18. The molecule has 69 heavy (non-hydrogen) atoms. The number of anilines is 3. The molecule has 322 valence electrons. The minimum Gasteiger partial charge on any atom is -0.455 e. The molecule has 0 fully saturated rings. The fourth-order valence-electron chi connectivity index (χ4n) is 11.1. The van der Waals surface area contributed by atoms with Crippen LogP contribution in [0.1, 0.15) is 0 Å². The van der Waals surface area contributed by atoms with Crippen LogP contribution >= 0.6 is 0 Å². The molecule has 0 amide bonds. The lowest BCUT2D eigenvalue weighted by Crippen LogP contribution is -2.11. The number of hydrogen-bond acceptors (Lipinski definition) is 2. The van der Waals surface area contributed by atoms with Crippen molar-refractivity contribution in [3.05, 3.63) is 255 Å². The molecular formula is C66H42N2O. The van der Waals surface area contributed by atoms with Crippen LogP contribution in [0, 0.1) is 0 Å². The Kier molecular flexibility index (Phi) is 8.90. The fraction of sp³-hybridized carbons (Fsp3) is 0. The van der Waals surface area contributed by atoms with Gasteiger partial charge in [-0.15, -0.1) is 0 Å². The van der Waals surface area contributed by atoms with E-state index in [0.29, 0.717) is 0 Å². The molecule has 12 aromatic carbocycles. The predicted molar refractivity (Wildman–Crippen MR) is 292 cm³/mol. The summed E-state index contributed by atoms with van der Waals surface area (Å²) < 4.78 is 9.48. The molecule has 3 nitrogen and oxygen atoms in total. The first-order valence-corrected chi connectivity index (χ1v) is 23.7. The molecule has 14 aromatic rings. The molecule has 2 aromatic heterocycles. The molecule has 3 heteroatoms. The molecular weight excluding hydrogens is 837 g/mol. The van der Waals surface area contributed by atoms with Gasteiger partial charge in [0.05, 0.1) is 33.5 Å². The highest BCUT2D eigenvalue weighted by Crippen LogP contribution is 2.50. The quantitative estimate of drug-likeness (QED) is 0.159. The first-order chi connectivity index (χ1) is 34.2. The number of fused-ring (bicyclic) bond motifs is 9. The van der Waals surface area contributed by atoms with Gasteiger partial charge in [-0.1, -0.05) is 194 Å². The van der Waals surface area contributed by atoms with Crippen LogP contribution in [0.4, 0.5) is 17.1 Å². The summed E-state index contributed by atoms with van der Waals surface area (Å²) in [6.07, 6.45) is 0. The lowest BCUT2D eigenvalue weighted by molar-refractivity contribution is 0.670. The van der Waals surface area contributed by atoms with Crippen LogP contribution < -0.4 is 4.90 Å². The predicted octanol–water partition coefficient (Wildman–Crippen LogP) is 18.6. The number of nitrogens with zero attached hydrogens (tertiary/aromatic N) is 2. The molecule has 0 bridgehead atoms. The molecule has 0 aliphatic carbocycles. The zero-order valence-corrected chi connectivity index (χ0v) is 37.6. The van der Waals surface area contributed by atoms with E-state index in [9.17, 15) is 0 Å². The summed E-state index contributed by atoms with van der Waals surface area (Å²) in [4.78, 5) is 2.47. The van der Waals surface area contributed by atoms with Gasteiger partial charge in [-0.25, -0.2) is 0 Å². The normalized spacial score (nSPS) is 11.8. The van der Waals surface area contributed by atoms with Gasteiger partial charge >= 0.3 is 0 Å². The van der Waals surface area contributed by atoms with E-state index in [4.69, 9.17) is 4.42 Å². The Labute approximate surface area is 399 Å². The second-order valence-electron chi connectivity index (χ2n) is 18.0. The number of aromatic nitrogens is 1. The van der Waals surface area contributed by atoms with Gasteiger partial charge in [-0.3, -0.25) is 0 Å². The number of para-hydroxylation sites is 2. The van der Waals surface area contributed by atoms with Crippen LogP contribution in [0.2, 0.25) is 0 Å². The number of rotatable bonds is 7. The van der Waals surface area contributed by atoms with Gasteiger partial charge in [0, 0.05) is 32.8 Å². The van der Waals surface area contributed by atoms with Crippen molar-refractivity contribution < 1.29 is 4.42 Å². The Balaban J connectivity index is 1.02. The monoisotopic (exact) mass is 878 g/mol. The van der Waals surface area contributed by atoms with E-state index in [0.717, 1.165) is 72.4 Å². The van der Waals surface area contributed by atoms with Crippen LogP contribution in [0.5, 0.6) is 0 Å². The van der Waals surface area contributed by atoms with E-state index >= 15 is 0 Å². The molecule has 0 saturated carbocycles. The summed E-state index contributed by atoms with van der Waals surface area (Å²) in [6, 6.07) is 92.5. The van der Waals surface area contributed by atoms with Crippen molar-refractivity contribution in [1.29, 1.82) is 0 Å². The summed E-state index contributed by atoms with van der Waals surface area (Å²) in [5, 5.41) is 11.8. The van der Waals surface area contributed by atoms with Gasteiger partial charge in [0.25, 0.3) is 0 Å². The molecule has 0 aliphatic rings. The summed E-state index contributed by atoms with van der Waals surface area (Å²) in [6.45, 7) is 0. The lowest BCUT2D eigenvalue weighted by Gasteiger charge is -2.28. The smallest absolute Gasteiger partial charge is 0.145 e. The zero-order valence-electron chi connectivity index (χ0n) is 37.6. The fourth-order valence-corrected chi connectivity index (χ4v) is 11.1. The Morgan fingerprint density at radius 1 is 0.319 bits per heavy atom. The van der Waals surface area contributed by atoms with Gasteiger partial charge in [0.2, 0.25) is 0 Å². The van der Waals surface area contributed by atoms with Crippen LogP contribution in [-0.2, 0) is 0 Å². The summed E-state index contributed by atoms with van der Waals surface area (Å²) in [5.41, 5.74) is 15.3. The average molecular weight is 879 g/mol. The topological polar surface area (TPSA) is 21.3 Å². The van der Waals surface area contributed by atoms with Crippen LogP contribution in [0.25, 0.3) is 115 Å². The molecule has 0 radical (unpaired) electrons. The maximum atomic E-state index is 7.03. The van der Waals surface area contributed by atoms with E-state index in [1.54, 1.807) is 0 Å². The minimum atomic E-state index is 0.855. The van der Waals surface area contributed by atoms with E-state index in [-0.39, 0.29) is 0 Å². The molecule has 2 heterocycles. The number of benzene rings is 12. The third-order valence-electron chi connectivity index (χ3n) is 14.2. The van der Waals surface area contributed by atoms with Crippen molar-refractivity contribution in [1.82, 2.24) is 4.57 Å². The highest BCUT2D eigenvalue weighted by atomic mass is 16.3. The van der Waals surface area contributed by atoms with Crippen LogP contribution in [0.3, 0.4) is 0 Å². The first kappa shape index (κ1) is 39.0. The second kappa shape index (κ2) is 15.7. The summed E-state index contributed by atoms with van der Waals surface area (Å²) in [5.74, 6) is 0. The summed E-state index contributed by atoms with van der Waals surface area (Å²) >= 11 is 0. The van der Waals surface area contributed by atoms with Gasteiger partial charge in [-0.05, 0) is 115 Å². The van der Waals surface area contributed by atoms with Crippen molar-refractivity contribution in [2.75, 3.05) is 4.90 Å². The van der Waals surface area contributed by atoms with E-state index in [1.807, 2.05) is 0 Å². The zero-order chi connectivity index (χ0) is 45.4. The molecule has 0 N–H and O–H groups in total. The maximum absolute atomic E-state index is 7.03. The maximum Gasteiger partial charge on any atom is 0.145 e. The van der Waals surface area contributed by atoms with E-state index in [2.05, 4.69) is 264 Å². The Morgan fingerprint density at radius 3 is 1.65 bits per heavy atom. The van der Waals surface area contributed by atoms with Crippen molar-refractivity contribution >= 4 is 93.1 Å². The van der Waals surface area contributed by atoms with Crippen molar-refractivity contribution in [2.24, 2.45) is 0 Å². The van der Waals surface area contributed by atoms with E-state index < -0.39 is 0 Å². The molecule has 14 rings (SSSR count). The number of hydrogen-bond donors (Lipinski definition) is 0. The Morgan fingerprint density at radius 2 is 0.870 bits per heavy atom. The molecule has 0 spiro atoms.